The van der Waals surface area contributed by atoms with Crippen LogP contribution in [0.1, 0.15) is 46.5 Å². The molecule has 2 fully saturated rings. The van der Waals surface area contributed by atoms with Crippen molar-refractivity contribution in [2.24, 2.45) is 31.8 Å². The maximum atomic E-state index is 4.67. The standard InChI is InChI=1S/C13H20N4/c1-11-6-4-8(14-16-11)10-9-5-7-12(2,17-15-9)13(10,11)3/h8-10H,4-7H2,1-3H3/t8-,9+,10?,11+,12-,13?. The molecule has 4 nitrogen and oxygen atoms in total. The largest absolute Gasteiger partial charge is 0.190 e. The number of rotatable bonds is 0. The van der Waals surface area contributed by atoms with Gasteiger partial charge < -0.3 is 0 Å². The molecule has 6 rings (SSSR count). The minimum absolute atomic E-state index is 0.0146. The van der Waals surface area contributed by atoms with Crippen LogP contribution in [0.5, 0.6) is 0 Å². The van der Waals surface area contributed by atoms with Crippen LogP contribution in [0.25, 0.3) is 0 Å². The van der Waals surface area contributed by atoms with E-state index in [0.717, 1.165) is 0 Å². The van der Waals surface area contributed by atoms with E-state index in [1.807, 2.05) is 0 Å². The van der Waals surface area contributed by atoms with E-state index >= 15 is 0 Å². The van der Waals surface area contributed by atoms with E-state index in [1.54, 1.807) is 0 Å². The summed E-state index contributed by atoms with van der Waals surface area (Å²) in [5.41, 5.74) is 0.133. The maximum Gasteiger partial charge on any atom is 0.0870 e. The number of nitrogens with zero attached hydrogens (tertiary/aromatic N) is 4. The molecule has 0 spiro atoms. The highest BCUT2D eigenvalue weighted by Gasteiger charge is 2.71. The molecule has 2 unspecified atom stereocenters. The fourth-order valence-corrected chi connectivity index (χ4v) is 5.03. The second kappa shape index (κ2) is 2.62. The van der Waals surface area contributed by atoms with Crippen LogP contribution < -0.4 is 0 Å². The van der Waals surface area contributed by atoms with Crippen molar-refractivity contribution in [3.63, 3.8) is 0 Å². The van der Waals surface area contributed by atoms with Gasteiger partial charge in [-0.3, -0.25) is 0 Å². The van der Waals surface area contributed by atoms with Crippen molar-refractivity contribution in [3.8, 4) is 0 Å². The van der Waals surface area contributed by atoms with E-state index in [4.69, 9.17) is 0 Å². The summed E-state index contributed by atoms with van der Waals surface area (Å²) in [6, 6.07) is 0.816. The summed E-state index contributed by atoms with van der Waals surface area (Å²) in [6.45, 7) is 6.99. The minimum Gasteiger partial charge on any atom is -0.190 e. The molecule has 17 heavy (non-hydrogen) atoms. The molecular formula is C13H20N4. The molecule has 0 saturated heterocycles. The monoisotopic (exact) mass is 232 g/mol. The number of azo groups is 2. The molecule has 4 heterocycles. The minimum atomic E-state index is -0.0146. The Morgan fingerprint density at radius 1 is 0.824 bits per heavy atom. The third-order valence-corrected chi connectivity index (χ3v) is 6.44. The fraction of sp³-hybridized carbons (Fsp3) is 1.00. The lowest BCUT2D eigenvalue weighted by Crippen LogP contribution is -2.72. The van der Waals surface area contributed by atoms with Crippen LogP contribution in [0.15, 0.2) is 20.5 Å². The highest BCUT2D eigenvalue weighted by Crippen LogP contribution is 2.67. The molecule has 4 aliphatic heterocycles. The summed E-state index contributed by atoms with van der Waals surface area (Å²) in [5, 5.41) is 18.5. The highest BCUT2D eigenvalue weighted by atomic mass is 15.3. The first kappa shape index (κ1) is 10.2. The molecule has 0 radical (unpaired) electrons. The van der Waals surface area contributed by atoms with Crippen LogP contribution in [0, 0.1) is 11.3 Å². The molecule has 0 amide bonds. The van der Waals surface area contributed by atoms with E-state index in [9.17, 15) is 0 Å². The van der Waals surface area contributed by atoms with Crippen LogP contribution in [0.2, 0.25) is 0 Å². The van der Waals surface area contributed by atoms with Crippen LogP contribution in [-0.2, 0) is 0 Å². The Hall–Kier alpha value is -0.800. The van der Waals surface area contributed by atoms with E-state index in [1.165, 1.54) is 25.7 Å². The van der Waals surface area contributed by atoms with Gasteiger partial charge in [-0.1, -0.05) is 6.92 Å². The fourth-order valence-electron chi connectivity index (χ4n) is 5.03. The predicted molar refractivity (Wildman–Crippen MR) is 64.2 cm³/mol. The topological polar surface area (TPSA) is 49.4 Å². The van der Waals surface area contributed by atoms with Crippen molar-refractivity contribution >= 4 is 0 Å². The van der Waals surface area contributed by atoms with E-state index < -0.39 is 0 Å². The number of fused-ring (bicyclic) bond motifs is 2. The molecule has 6 aliphatic rings. The van der Waals surface area contributed by atoms with Gasteiger partial charge in [-0.15, -0.1) is 0 Å². The first-order valence-electron chi connectivity index (χ1n) is 6.84. The zero-order valence-corrected chi connectivity index (χ0v) is 10.8. The third kappa shape index (κ3) is 0.869. The predicted octanol–water partition coefficient (Wildman–Crippen LogP) is 3.38. The number of hydrogen-bond donors (Lipinski definition) is 0. The summed E-state index contributed by atoms with van der Waals surface area (Å²) >= 11 is 0. The summed E-state index contributed by atoms with van der Waals surface area (Å²) in [7, 11) is 0. The molecule has 4 bridgehead atoms. The average molecular weight is 232 g/mol. The van der Waals surface area contributed by atoms with Gasteiger partial charge in [0.25, 0.3) is 0 Å². The molecular weight excluding hydrogens is 212 g/mol. The van der Waals surface area contributed by atoms with Gasteiger partial charge in [-0.25, -0.2) is 0 Å². The van der Waals surface area contributed by atoms with Crippen molar-refractivity contribution in [2.45, 2.75) is 69.6 Å². The van der Waals surface area contributed by atoms with Crippen molar-refractivity contribution in [3.05, 3.63) is 0 Å². The van der Waals surface area contributed by atoms with Crippen molar-refractivity contribution in [1.29, 1.82) is 0 Å². The van der Waals surface area contributed by atoms with Gasteiger partial charge in [0.05, 0.1) is 23.2 Å². The zero-order valence-electron chi connectivity index (χ0n) is 10.8. The van der Waals surface area contributed by atoms with E-state index in [-0.39, 0.29) is 16.5 Å². The van der Waals surface area contributed by atoms with E-state index in [2.05, 4.69) is 41.2 Å². The lowest BCUT2D eigenvalue weighted by molar-refractivity contribution is -0.128. The summed E-state index contributed by atoms with van der Waals surface area (Å²) < 4.78 is 0. The Kier molecular flexibility index (Phi) is 1.57. The Morgan fingerprint density at radius 2 is 1.29 bits per heavy atom. The molecule has 0 aromatic carbocycles. The van der Waals surface area contributed by atoms with Crippen molar-refractivity contribution in [2.75, 3.05) is 0 Å². The van der Waals surface area contributed by atoms with Crippen LogP contribution in [0.4, 0.5) is 0 Å². The van der Waals surface area contributed by atoms with Gasteiger partial charge >= 0.3 is 0 Å². The molecule has 4 heteroatoms. The van der Waals surface area contributed by atoms with Gasteiger partial charge in [0.15, 0.2) is 0 Å². The Morgan fingerprint density at radius 3 is 1.59 bits per heavy atom. The SMILES string of the molecule is CC12C([C@@H]3CC[C@@]1(C)N=N3)[C@H]1CC[C@]2(C)N=N1. The molecule has 92 valence electrons. The van der Waals surface area contributed by atoms with Gasteiger partial charge in [0.2, 0.25) is 0 Å². The van der Waals surface area contributed by atoms with Crippen molar-refractivity contribution in [1.82, 2.24) is 0 Å². The normalized spacial score (nSPS) is 62.9. The lowest BCUT2D eigenvalue weighted by atomic mass is 9.43. The second-order valence-corrected chi connectivity index (χ2v) is 6.92. The number of hydrogen-bond acceptors (Lipinski definition) is 4. The Balaban J connectivity index is 1.98. The smallest absolute Gasteiger partial charge is 0.0870 e. The summed E-state index contributed by atoms with van der Waals surface area (Å²) in [6.07, 6.45) is 4.74. The average Bonchev–Trinajstić information content (AvgIpc) is 2.32. The van der Waals surface area contributed by atoms with E-state index in [0.29, 0.717) is 18.0 Å². The Bertz CT molecular complexity index is 407. The third-order valence-electron chi connectivity index (χ3n) is 6.44. The molecule has 6 atom stereocenters. The highest BCUT2D eigenvalue weighted by molar-refractivity contribution is 5.26. The first-order chi connectivity index (χ1) is 8.00. The second-order valence-electron chi connectivity index (χ2n) is 6.92. The van der Waals surface area contributed by atoms with Crippen LogP contribution in [-0.4, -0.2) is 23.2 Å². The molecule has 0 aromatic rings. The van der Waals surface area contributed by atoms with Crippen LogP contribution >= 0.6 is 0 Å². The van der Waals surface area contributed by atoms with Crippen molar-refractivity contribution < 1.29 is 0 Å². The molecule has 0 aromatic heterocycles. The summed E-state index contributed by atoms with van der Waals surface area (Å²) in [4.78, 5) is 0. The molecule has 2 aliphatic carbocycles. The summed E-state index contributed by atoms with van der Waals surface area (Å²) in [5.74, 6) is 0.579. The molecule has 2 saturated carbocycles. The van der Waals surface area contributed by atoms with Gasteiger partial charge in [-0.05, 0) is 39.5 Å². The Labute approximate surface area is 102 Å². The van der Waals surface area contributed by atoms with Crippen LogP contribution in [0.3, 0.4) is 0 Å². The van der Waals surface area contributed by atoms with Gasteiger partial charge in [-0.2, -0.15) is 20.5 Å². The zero-order chi connectivity index (χ0) is 11.9. The van der Waals surface area contributed by atoms with Gasteiger partial charge in [0, 0.05) is 11.3 Å². The first-order valence-corrected chi connectivity index (χ1v) is 6.84. The molecule has 0 N–H and O–H groups in total. The lowest BCUT2D eigenvalue weighted by Gasteiger charge is -2.67. The van der Waals surface area contributed by atoms with Gasteiger partial charge in [0.1, 0.15) is 0 Å². The quantitative estimate of drug-likeness (QED) is 0.615. The maximum absolute atomic E-state index is 4.67.